The molecule has 0 saturated heterocycles. The van der Waals surface area contributed by atoms with Gasteiger partial charge in [-0.1, -0.05) is 0 Å². The summed E-state index contributed by atoms with van der Waals surface area (Å²) < 4.78 is 11.5. The molecule has 2 aromatic heterocycles. The van der Waals surface area contributed by atoms with Crippen molar-refractivity contribution in [1.82, 2.24) is 9.97 Å². The molecule has 2 aromatic carbocycles. The number of benzene rings is 2. The molecule has 0 bridgehead atoms. The van der Waals surface area contributed by atoms with Gasteiger partial charge in [-0.05, 0) is 49.7 Å². The fourth-order valence-electron chi connectivity index (χ4n) is 3.40. The van der Waals surface area contributed by atoms with Gasteiger partial charge in [0.25, 0.3) is 0 Å². The Balaban J connectivity index is 1.97. The Bertz CT molecular complexity index is 1180. The van der Waals surface area contributed by atoms with Crippen LogP contribution in [0, 0.1) is 18.3 Å². The van der Waals surface area contributed by atoms with Crippen LogP contribution in [-0.2, 0) is 5.54 Å². The number of aromatic nitrogens is 2. The van der Waals surface area contributed by atoms with Crippen molar-refractivity contribution >= 4 is 22.0 Å². The zero-order valence-corrected chi connectivity index (χ0v) is 14.8. The number of nitrogens with one attached hydrogen (secondary N) is 1. The van der Waals surface area contributed by atoms with E-state index in [2.05, 4.69) is 16.0 Å². The number of H-pyrrole nitrogens is 1. The lowest BCUT2D eigenvalue weighted by Gasteiger charge is -2.25. The highest BCUT2D eigenvalue weighted by Crippen LogP contribution is 2.40. The molecule has 6 heteroatoms. The van der Waals surface area contributed by atoms with Crippen LogP contribution in [0.5, 0.6) is 5.75 Å². The van der Waals surface area contributed by atoms with E-state index in [0.29, 0.717) is 28.3 Å². The number of nitrogens with two attached hydrogens (primary N) is 1. The molecule has 1 unspecified atom stereocenters. The summed E-state index contributed by atoms with van der Waals surface area (Å²) in [6.07, 6.45) is 1.88. The van der Waals surface area contributed by atoms with Gasteiger partial charge < -0.3 is 19.9 Å². The van der Waals surface area contributed by atoms with Gasteiger partial charge in [0.1, 0.15) is 16.8 Å². The van der Waals surface area contributed by atoms with Crippen LogP contribution >= 0.6 is 0 Å². The average Bonchev–Trinajstić information content (AvgIpc) is 3.27. The van der Waals surface area contributed by atoms with E-state index in [4.69, 9.17) is 20.1 Å². The zero-order valence-electron chi connectivity index (χ0n) is 14.8. The van der Waals surface area contributed by atoms with Gasteiger partial charge in [0, 0.05) is 22.7 Å². The van der Waals surface area contributed by atoms with Crippen LogP contribution in [0.2, 0.25) is 0 Å². The second-order valence-electron chi connectivity index (χ2n) is 6.55. The number of nitrogens with zero attached hydrogens (tertiary/aromatic N) is 2. The summed E-state index contributed by atoms with van der Waals surface area (Å²) in [7, 11) is 1.62. The molecule has 0 radical (unpaired) electrons. The van der Waals surface area contributed by atoms with Crippen LogP contribution in [0.1, 0.15) is 29.5 Å². The maximum Gasteiger partial charge on any atom is 0.220 e. The first kappa shape index (κ1) is 16.2. The third-order valence-corrected chi connectivity index (χ3v) is 4.70. The van der Waals surface area contributed by atoms with E-state index < -0.39 is 5.54 Å². The normalized spacial score (nSPS) is 13.7. The number of methoxy groups -OCH3 is 1. The highest BCUT2D eigenvalue weighted by molar-refractivity contribution is 5.89. The summed E-state index contributed by atoms with van der Waals surface area (Å²) in [5, 5.41) is 10.0. The molecule has 0 amide bonds. The molecule has 3 N–H and O–H groups in total. The van der Waals surface area contributed by atoms with Gasteiger partial charge in [0.15, 0.2) is 5.58 Å². The Morgan fingerprint density at radius 2 is 2.12 bits per heavy atom. The lowest BCUT2D eigenvalue weighted by atomic mass is 9.88. The Morgan fingerprint density at radius 3 is 2.85 bits per heavy atom. The Hall–Kier alpha value is -3.30. The van der Waals surface area contributed by atoms with Crippen molar-refractivity contribution < 1.29 is 9.15 Å². The minimum Gasteiger partial charge on any atom is -0.496 e. The number of oxazole rings is 1. The van der Waals surface area contributed by atoms with Crippen LogP contribution in [-0.4, -0.2) is 17.1 Å². The van der Waals surface area contributed by atoms with Crippen molar-refractivity contribution in [3.8, 4) is 11.8 Å². The second kappa shape index (κ2) is 5.61. The molecule has 1 atom stereocenters. The van der Waals surface area contributed by atoms with E-state index in [9.17, 15) is 0 Å². The summed E-state index contributed by atoms with van der Waals surface area (Å²) in [6, 6.07) is 11.2. The molecule has 0 spiro atoms. The summed E-state index contributed by atoms with van der Waals surface area (Å²) in [5.41, 5.74) is 10.3. The predicted molar refractivity (Wildman–Crippen MR) is 99.0 cm³/mol. The van der Waals surface area contributed by atoms with Gasteiger partial charge in [-0.15, -0.1) is 0 Å². The predicted octanol–water partition coefficient (Wildman–Crippen LogP) is 3.72. The summed E-state index contributed by atoms with van der Waals surface area (Å²) in [5.74, 6) is 1.05. The number of hydrogen-bond donors (Lipinski definition) is 2. The van der Waals surface area contributed by atoms with Gasteiger partial charge in [-0.3, -0.25) is 0 Å². The first-order chi connectivity index (χ1) is 12.5. The molecular formula is C20H18N4O2. The maximum absolute atomic E-state index is 9.08. The molecule has 130 valence electrons. The molecule has 4 rings (SSSR count). The first-order valence-electron chi connectivity index (χ1n) is 8.21. The smallest absolute Gasteiger partial charge is 0.220 e. The van der Waals surface area contributed by atoms with E-state index in [-0.39, 0.29) is 0 Å². The lowest BCUT2D eigenvalue weighted by Crippen LogP contribution is -2.35. The topological polar surface area (TPSA) is 101 Å². The highest BCUT2D eigenvalue weighted by Gasteiger charge is 2.35. The number of fused-ring (bicyclic) bond motifs is 2. The van der Waals surface area contributed by atoms with Gasteiger partial charge in [-0.25, -0.2) is 4.98 Å². The Morgan fingerprint density at radius 1 is 1.31 bits per heavy atom. The fourth-order valence-corrected chi connectivity index (χ4v) is 3.40. The van der Waals surface area contributed by atoms with Crippen LogP contribution in [0.4, 0.5) is 0 Å². The largest absolute Gasteiger partial charge is 0.496 e. The molecule has 4 aromatic rings. The van der Waals surface area contributed by atoms with Crippen molar-refractivity contribution in [2.24, 2.45) is 5.73 Å². The van der Waals surface area contributed by atoms with Gasteiger partial charge in [-0.2, -0.15) is 5.26 Å². The zero-order chi connectivity index (χ0) is 18.5. The molecule has 0 fully saturated rings. The first-order valence-corrected chi connectivity index (χ1v) is 8.21. The molecule has 26 heavy (non-hydrogen) atoms. The molecular weight excluding hydrogens is 328 g/mol. The highest BCUT2D eigenvalue weighted by atomic mass is 16.5. The second-order valence-corrected chi connectivity index (χ2v) is 6.55. The SMILES string of the molecule is COc1cc(C)c2[nH]ccc2c1C(C)(N)c1nc2cc(C#N)ccc2o1. The monoisotopic (exact) mass is 346 g/mol. The van der Waals surface area contributed by atoms with E-state index in [1.54, 1.807) is 25.3 Å². The standard InChI is InChI=1S/C20H18N4O2/c1-11-8-16(25-3)17(13-6-7-23-18(11)13)20(2,22)19-24-14-9-12(10-21)4-5-15(14)26-19/h4-9,23H,22H2,1-3H3. The summed E-state index contributed by atoms with van der Waals surface area (Å²) in [6.45, 7) is 3.87. The number of aryl methyl sites for hydroxylation is 1. The number of rotatable bonds is 3. The van der Waals surface area contributed by atoms with E-state index in [0.717, 1.165) is 22.0 Å². The van der Waals surface area contributed by atoms with Crippen molar-refractivity contribution in [3.05, 3.63) is 59.1 Å². The van der Waals surface area contributed by atoms with Gasteiger partial charge in [0.2, 0.25) is 5.89 Å². The van der Waals surface area contributed by atoms with E-state index >= 15 is 0 Å². The number of aromatic amines is 1. The van der Waals surface area contributed by atoms with Crippen molar-refractivity contribution in [1.29, 1.82) is 5.26 Å². The number of nitriles is 1. The van der Waals surface area contributed by atoms with Crippen molar-refractivity contribution in [2.45, 2.75) is 19.4 Å². The third-order valence-electron chi connectivity index (χ3n) is 4.70. The lowest BCUT2D eigenvalue weighted by molar-refractivity contribution is 0.377. The van der Waals surface area contributed by atoms with Gasteiger partial charge >= 0.3 is 0 Å². The van der Waals surface area contributed by atoms with E-state index in [1.807, 2.05) is 32.2 Å². The molecule has 6 nitrogen and oxygen atoms in total. The van der Waals surface area contributed by atoms with E-state index in [1.165, 1.54) is 0 Å². The van der Waals surface area contributed by atoms with Crippen molar-refractivity contribution in [2.75, 3.05) is 7.11 Å². The number of ether oxygens (including phenoxy) is 1. The summed E-state index contributed by atoms with van der Waals surface area (Å²) in [4.78, 5) is 7.80. The molecule has 0 saturated carbocycles. The third kappa shape index (κ3) is 2.25. The Labute approximate surface area is 150 Å². The average molecular weight is 346 g/mol. The van der Waals surface area contributed by atoms with Crippen LogP contribution in [0.15, 0.2) is 40.9 Å². The Kier molecular flexibility index (Phi) is 3.49. The molecule has 0 aliphatic heterocycles. The number of hydrogen-bond acceptors (Lipinski definition) is 5. The molecule has 2 heterocycles. The molecule has 0 aliphatic carbocycles. The van der Waals surface area contributed by atoms with Crippen LogP contribution in [0.25, 0.3) is 22.0 Å². The minimum atomic E-state index is -1.02. The molecule has 0 aliphatic rings. The van der Waals surface area contributed by atoms with Crippen LogP contribution < -0.4 is 10.5 Å². The summed E-state index contributed by atoms with van der Waals surface area (Å²) >= 11 is 0. The quantitative estimate of drug-likeness (QED) is 0.589. The van der Waals surface area contributed by atoms with Gasteiger partial charge in [0.05, 0.1) is 18.7 Å². The van der Waals surface area contributed by atoms with Crippen molar-refractivity contribution in [3.63, 3.8) is 0 Å². The fraction of sp³-hybridized carbons (Fsp3) is 0.200. The minimum absolute atomic E-state index is 0.368. The van der Waals surface area contributed by atoms with Crippen LogP contribution in [0.3, 0.4) is 0 Å². The maximum atomic E-state index is 9.08.